The molecule has 26 heavy (non-hydrogen) atoms. The summed E-state index contributed by atoms with van der Waals surface area (Å²) in [4.78, 5) is 14.1. The second-order valence-electron chi connectivity index (χ2n) is 6.95. The third kappa shape index (κ3) is 4.73. The zero-order valence-corrected chi connectivity index (χ0v) is 16.3. The zero-order valence-electron chi connectivity index (χ0n) is 16.3. The van der Waals surface area contributed by atoms with Gasteiger partial charge in [-0.05, 0) is 53.1 Å². The summed E-state index contributed by atoms with van der Waals surface area (Å²) < 4.78 is 10.8. The molecule has 1 aromatic rings. The van der Waals surface area contributed by atoms with E-state index < -0.39 is 0 Å². The van der Waals surface area contributed by atoms with Crippen molar-refractivity contribution in [3.8, 4) is 0 Å². The van der Waals surface area contributed by atoms with Crippen LogP contribution in [0.5, 0.6) is 0 Å². The number of hydrogen-bond donors (Lipinski definition) is 1. The molecule has 0 radical (unpaired) electrons. The predicted molar refractivity (Wildman–Crippen MR) is 99.9 cm³/mol. The summed E-state index contributed by atoms with van der Waals surface area (Å²) in [5, 5.41) is 7.40. The molecule has 0 aromatic carbocycles. The maximum absolute atomic E-state index is 5.50. The number of nitrogens with one attached hydrogen (secondary N) is 1. The van der Waals surface area contributed by atoms with Gasteiger partial charge in [0.1, 0.15) is 12.6 Å². The Bertz CT molecular complexity index is 584. The average molecular weight is 364 g/mol. The van der Waals surface area contributed by atoms with E-state index in [0.29, 0.717) is 30.9 Å². The number of rotatable bonds is 7. The van der Waals surface area contributed by atoms with Crippen LogP contribution in [-0.4, -0.2) is 71.3 Å². The van der Waals surface area contributed by atoms with Gasteiger partial charge in [-0.2, -0.15) is 4.98 Å². The molecular formula is C18H32N6O2. The first-order valence-electron chi connectivity index (χ1n) is 9.92. The van der Waals surface area contributed by atoms with Crippen LogP contribution in [0, 0.1) is 0 Å². The minimum atomic E-state index is -0.158. The van der Waals surface area contributed by atoms with E-state index in [9.17, 15) is 0 Å². The Balaban J connectivity index is 1.59. The van der Waals surface area contributed by atoms with Gasteiger partial charge >= 0.3 is 0 Å². The van der Waals surface area contributed by atoms with Gasteiger partial charge in [-0.15, -0.1) is 0 Å². The van der Waals surface area contributed by atoms with Gasteiger partial charge in [-0.1, -0.05) is 5.16 Å². The molecule has 146 valence electrons. The van der Waals surface area contributed by atoms with Gasteiger partial charge in [0, 0.05) is 32.3 Å². The van der Waals surface area contributed by atoms with Crippen molar-refractivity contribution in [2.24, 2.45) is 4.99 Å². The van der Waals surface area contributed by atoms with Crippen LogP contribution in [0.25, 0.3) is 0 Å². The highest BCUT2D eigenvalue weighted by molar-refractivity contribution is 5.80. The van der Waals surface area contributed by atoms with Crippen molar-refractivity contribution in [1.29, 1.82) is 0 Å². The van der Waals surface area contributed by atoms with Crippen molar-refractivity contribution in [3.05, 3.63) is 11.7 Å². The molecule has 0 aliphatic carbocycles. The lowest BCUT2D eigenvalue weighted by molar-refractivity contribution is 0.0683. The van der Waals surface area contributed by atoms with Crippen LogP contribution >= 0.6 is 0 Å². The third-order valence-electron chi connectivity index (χ3n) is 5.08. The van der Waals surface area contributed by atoms with E-state index in [4.69, 9.17) is 14.3 Å². The highest BCUT2D eigenvalue weighted by atomic mass is 16.5. The zero-order chi connectivity index (χ0) is 18.4. The first-order valence-corrected chi connectivity index (χ1v) is 9.92. The van der Waals surface area contributed by atoms with Crippen molar-refractivity contribution in [1.82, 2.24) is 25.3 Å². The Kier molecular flexibility index (Phi) is 6.85. The summed E-state index contributed by atoms with van der Waals surface area (Å²) in [6.45, 7) is 12.4. The number of ether oxygens (including phenoxy) is 1. The third-order valence-corrected chi connectivity index (χ3v) is 5.08. The molecule has 2 aliphatic heterocycles. The maximum Gasteiger partial charge on any atom is 0.248 e. The molecule has 1 N–H and O–H groups in total. The molecular weight excluding hydrogens is 332 g/mol. The molecule has 2 fully saturated rings. The average Bonchev–Trinajstić information content (AvgIpc) is 3.40. The van der Waals surface area contributed by atoms with Gasteiger partial charge in [0.05, 0.1) is 0 Å². The van der Waals surface area contributed by atoms with Crippen LogP contribution in [0.4, 0.5) is 0 Å². The normalized spacial score (nSPS) is 23.0. The molecule has 0 amide bonds. The molecule has 8 nitrogen and oxygen atoms in total. The topological polar surface area (TPSA) is 79.0 Å². The number of aliphatic imine (C=N–C) groups is 1. The minimum absolute atomic E-state index is 0.158. The second-order valence-corrected chi connectivity index (χ2v) is 6.95. The van der Waals surface area contributed by atoms with Crippen LogP contribution in [-0.2, 0) is 11.3 Å². The van der Waals surface area contributed by atoms with E-state index in [1.807, 2.05) is 13.8 Å². The summed E-state index contributed by atoms with van der Waals surface area (Å²) in [5.74, 6) is 2.04. The lowest BCUT2D eigenvalue weighted by Crippen LogP contribution is -2.42. The molecule has 3 heterocycles. The number of hydrogen-bond acceptors (Lipinski definition) is 6. The lowest BCUT2D eigenvalue weighted by atomic mass is 10.2. The molecule has 3 rings (SSSR count). The fraction of sp³-hybridized carbons (Fsp3) is 0.833. The summed E-state index contributed by atoms with van der Waals surface area (Å²) in [6, 6.07) is 0.656. The Morgan fingerprint density at radius 3 is 2.88 bits per heavy atom. The minimum Gasteiger partial charge on any atom is -0.371 e. The van der Waals surface area contributed by atoms with E-state index in [2.05, 4.69) is 32.2 Å². The quantitative estimate of drug-likeness (QED) is 0.584. The van der Waals surface area contributed by atoms with E-state index in [1.54, 1.807) is 0 Å². The molecule has 0 bridgehead atoms. The number of likely N-dealkylation sites (tertiary alicyclic amines) is 2. The summed E-state index contributed by atoms with van der Waals surface area (Å²) >= 11 is 0. The molecule has 8 heteroatoms. The van der Waals surface area contributed by atoms with Crippen LogP contribution in [0.2, 0.25) is 0 Å². The van der Waals surface area contributed by atoms with E-state index in [-0.39, 0.29) is 6.10 Å². The van der Waals surface area contributed by atoms with E-state index >= 15 is 0 Å². The molecule has 2 aliphatic rings. The second kappa shape index (κ2) is 9.32. The largest absolute Gasteiger partial charge is 0.371 e. The van der Waals surface area contributed by atoms with Gasteiger partial charge in [0.2, 0.25) is 5.89 Å². The van der Waals surface area contributed by atoms with Crippen molar-refractivity contribution in [2.75, 3.05) is 39.3 Å². The smallest absolute Gasteiger partial charge is 0.248 e. The predicted octanol–water partition coefficient (Wildman–Crippen LogP) is 1.80. The molecule has 0 saturated carbocycles. The van der Waals surface area contributed by atoms with Crippen LogP contribution in [0.3, 0.4) is 0 Å². The first kappa shape index (κ1) is 19.1. The highest BCUT2D eigenvalue weighted by Crippen LogP contribution is 2.20. The van der Waals surface area contributed by atoms with E-state index in [0.717, 1.165) is 25.6 Å². The molecule has 1 aromatic heterocycles. The SMILES string of the molecule is CCNC(=NCc1nc(C(C)OCC)no1)N1CCC(N2CCCC2)C1. The fourth-order valence-electron chi connectivity index (χ4n) is 3.73. The Labute approximate surface area is 156 Å². The summed E-state index contributed by atoms with van der Waals surface area (Å²) in [6.07, 6.45) is 3.73. The van der Waals surface area contributed by atoms with Gasteiger partial charge in [-0.3, -0.25) is 4.90 Å². The fourth-order valence-corrected chi connectivity index (χ4v) is 3.73. The Hall–Kier alpha value is -1.67. The monoisotopic (exact) mass is 364 g/mol. The molecule has 0 spiro atoms. The van der Waals surface area contributed by atoms with Crippen molar-refractivity contribution in [3.63, 3.8) is 0 Å². The van der Waals surface area contributed by atoms with Crippen LogP contribution in [0.1, 0.15) is 57.9 Å². The van der Waals surface area contributed by atoms with Gasteiger partial charge in [0.15, 0.2) is 11.8 Å². The standard InChI is InChI=1S/C18H32N6O2/c1-4-19-18(24-11-8-15(13-24)23-9-6-7-10-23)20-12-16-21-17(22-26-16)14(3)25-5-2/h14-15H,4-13H2,1-3H3,(H,19,20). The highest BCUT2D eigenvalue weighted by Gasteiger charge is 2.30. The maximum atomic E-state index is 5.50. The Morgan fingerprint density at radius 1 is 1.35 bits per heavy atom. The Morgan fingerprint density at radius 2 is 2.15 bits per heavy atom. The van der Waals surface area contributed by atoms with Crippen LogP contribution in [0.15, 0.2) is 9.52 Å². The van der Waals surface area contributed by atoms with Gasteiger partial charge in [0.25, 0.3) is 0 Å². The van der Waals surface area contributed by atoms with Gasteiger partial charge in [-0.25, -0.2) is 4.99 Å². The van der Waals surface area contributed by atoms with Crippen molar-refractivity contribution >= 4 is 5.96 Å². The van der Waals surface area contributed by atoms with Crippen molar-refractivity contribution < 1.29 is 9.26 Å². The first-order chi connectivity index (χ1) is 12.7. The molecule has 2 saturated heterocycles. The van der Waals surface area contributed by atoms with Gasteiger partial charge < -0.3 is 19.5 Å². The number of nitrogens with zero attached hydrogens (tertiary/aromatic N) is 5. The molecule has 2 unspecified atom stereocenters. The van der Waals surface area contributed by atoms with Crippen LogP contribution < -0.4 is 5.32 Å². The molecule has 2 atom stereocenters. The van der Waals surface area contributed by atoms with E-state index in [1.165, 1.54) is 32.4 Å². The number of guanidine groups is 1. The number of aromatic nitrogens is 2. The summed E-state index contributed by atoms with van der Waals surface area (Å²) in [7, 11) is 0. The van der Waals surface area contributed by atoms with Crippen molar-refractivity contribution in [2.45, 2.75) is 58.7 Å². The summed E-state index contributed by atoms with van der Waals surface area (Å²) in [5.41, 5.74) is 0. The lowest BCUT2D eigenvalue weighted by Gasteiger charge is -2.25.